The van der Waals surface area contributed by atoms with E-state index in [-0.39, 0.29) is 23.8 Å². The number of carbonyl (C=O) groups excluding carboxylic acids is 2. The summed E-state index contributed by atoms with van der Waals surface area (Å²) in [6, 6.07) is 1.69. The third-order valence-electron chi connectivity index (χ3n) is 4.50. The molecule has 0 aromatic carbocycles. The van der Waals surface area contributed by atoms with E-state index in [9.17, 15) is 9.59 Å². The molecule has 1 saturated heterocycles. The highest BCUT2D eigenvalue weighted by Crippen LogP contribution is 2.31. The summed E-state index contributed by atoms with van der Waals surface area (Å²) in [5.41, 5.74) is 1.27. The van der Waals surface area contributed by atoms with E-state index in [4.69, 9.17) is 0 Å². The highest BCUT2D eigenvalue weighted by Gasteiger charge is 2.40. The summed E-state index contributed by atoms with van der Waals surface area (Å²) in [5.74, 6) is 0.0569. The molecule has 7 heteroatoms. The van der Waals surface area contributed by atoms with E-state index in [1.165, 1.54) is 11.3 Å². The van der Waals surface area contributed by atoms with Crippen LogP contribution in [-0.4, -0.2) is 45.6 Å². The van der Waals surface area contributed by atoms with Gasteiger partial charge in [0.2, 0.25) is 5.91 Å². The monoisotopic (exact) mass is 360 g/mol. The number of carbonyl (C=O) groups is 2. The zero-order valence-corrected chi connectivity index (χ0v) is 15.8. The van der Waals surface area contributed by atoms with Crippen molar-refractivity contribution in [3.8, 4) is 0 Å². The molecule has 0 bridgehead atoms. The van der Waals surface area contributed by atoms with E-state index < -0.39 is 5.41 Å². The van der Waals surface area contributed by atoms with E-state index >= 15 is 0 Å². The predicted molar refractivity (Wildman–Crippen MR) is 97.6 cm³/mol. The molecule has 1 fully saturated rings. The number of amides is 2. The van der Waals surface area contributed by atoms with Crippen molar-refractivity contribution in [3.05, 3.63) is 40.3 Å². The fourth-order valence-electron chi connectivity index (χ4n) is 3.21. The summed E-state index contributed by atoms with van der Waals surface area (Å²) in [5, 5.41) is 11.1. The van der Waals surface area contributed by atoms with Crippen LogP contribution in [0.4, 0.5) is 0 Å². The first-order valence-electron chi connectivity index (χ1n) is 8.36. The second-order valence-corrected chi connectivity index (χ2v) is 8.39. The predicted octanol–water partition coefficient (Wildman–Crippen LogP) is 2.25. The number of hydrogen-bond acceptors (Lipinski definition) is 4. The normalized spacial score (nSPS) is 20.7. The number of aromatic nitrogens is 2. The number of hydrogen-bond donors (Lipinski definition) is 1. The Morgan fingerprint density at radius 3 is 2.64 bits per heavy atom. The maximum absolute atomic E-state index is 12.7. The molecule has 2 aromatic rings. The van der Waals surface area contributed by atoms with E-state index in [1.54, 1.807) is 4.68 Å². The Morgan fingerprint density at radius 2 is 2.08 bits per heavy atom. The summed E-state index contributed by atoms with van der Waals surface area (Å²) in [7, 11) is 1.87. The summed E-state index contributed by atoms with van der Waals surface area (Å²) in [6.07, 6.45) is 3.78. The number of nitrogens with zero attached hydrogens (tertiary/aromatic N) is 3. The molecule has 0 saturated carbocycles. The minimum atomic E-state index is -0.439. The molecule has 2 atom stereocenters. The lowest BCUT2D eigenvalue weighted by molar-refractivity contribution is -0.138. The Bertz CT molecular complexity index is 760. The van der Waals surface area contributed by atoms with E-state index in [1.807, 2.05) is 61.9 Å². The van der Waals surface area contributed by atoms with E-state index in [0.29, 0.717) is 18.7 Å². The summed E-state index contributed by atoms with van der Waals surface area (Å²) >= 11 is 1.50. The smallest absolute Gasteiger partial charge is 0.252 e. The maximum atomic E-state index is 12.7. The van der Waals surface area contributed by atoms with Crippen LogP contribution in [-0.2, 0) is 11.8 Å². The Balaban J connectivity index is 1.82. The Morgan fingerprint density at radius 1 is 1.32 bits per heavy atom. The van der Waals surface area contributed by atoms with Crippen molar-refractivity contribution in [2.75, 3.05) is 13.1 Å². The van der Waals surface area contributed by atoms with Crippen molar-refractivity contribution < 1.29 is 9.59 Å². The summed E-state index contributed by atoms with van der Waals surface area (Å²) in [4.78, 5) is 27.0. The molecule has 3 rings (SSSR count). The first kappa shape index (κ1) is 17.7. The van der Waals surface area contributed by atoms with Gasteiger partial charge in [0.1, 0.15) is 0 Å². The Hall–Kier alpha value is -2.15. The fourth-order valence-corrected chi connectivity index (χ4v) is 3.84. The van der Waals surface area contributed by atoms with Crippen LogP contribution in [0.3, 0.4) is 0 Å². The lowest BCUT2D eigenvalue weighted by Crippen LogP contribution is -2.42. The molecule has 25 heavy (non-hydrogen) atoms. The number of likely N-dealkylation sites (tertiary alicyclic amines) is 1. The van der Waals surface area contributed by atoms with Crippen molar-refractivity contribution in [1.29, 1.82) is 0 Å². The fraction of sp³-hybridized carbons (Fsp3) is 0.500. The van der Waals surface area contributed by atoms with Crippen molar-refractivity contribution in [2.45, 2.75) is 32.7 Å². The van der Waals surface area contributed by atoms with Gasteiger partial charge in [-0.25, -0.2) is 0 Å². The van der Waals surface area contributed by atoms with Crippen molar-refractivity contribution >= 4 is 23.2 Å². The van der Waals surface area contributed by atoms with Gasteiger partial charge in [-0.3, -0.25) is 14.3 Å². The van der Waals surface area contributed by atoms with Crippen LogP contribution in [0, 0.1) is 5.41 Å². The van der Waals surface area contributed by atoms with E-state index in [0.717, 1.165) is 5.56 Å². The molecular formula is C18H24N4O2S. The molecule has 6 nitrogen and oxygen atoms in total. The molecule has 2 aromatic heterocycles. The van der Waals surface area contributed by atoms with Crippen LogP contribution in [0.1, 0.15) is 42.6 Å². The van der Waals surface area contributed by atoms with Crippen molar-refractivity contribution in [3.63, 3.8) is 0 Å². The SMILES string of the molecule is Cn1cc([C@@H]2CN(C(=O)C(C)(C)C)C[C@H]2NC(=O)c2ccsc2)cn1. The average Bonchev–Trinajstić information content (AvgIpc) is 3.25. The first-order chi connectivity index (χ1) is 11.8. The van der Waals surface area contributed by atoms with Crippen LogP contribution >= 0.6 is 11.3 Å². The molecule has 0 spiro atoms. The Kier molecular flexibility index (Phi) is 4.69. The minimum absolute atomic E-state index is 0.0441. The largest absolute Gasteiger partial charge is 0.347 e. The van der Waals surface area contributed by atoms with Gasteiger partial charge in [-0.1, -0.05) is 20.8 Å². The molecule has 0 aliphatic carbocycles. The van der Waals surface area contributed by atoms with Crippen molar-refractivity contribution in [1.82, 2.24) is 20.0 Å². The van der Waals surface area contributed by atoms with Gasteiger partial charge in [0.15, 0.2) is 0 Å². The summed E-state index contributed by atoms with van der Waals surface area (Å²) in [6.45, 7) is 6.88. The molecule has 0 radical (unpaired) electrons. The van der Waals surface area contributed by atoms with Gasteiger partial charge < -0.3 is 10.2 Å². The lowest BCUT2D eigenvalue weighted by Gasteiger charge is -2.25. The van der Waals surface area contributed by atoms with Crippen LogP contribution in [0.15, 0.2) is 29.2 Å². The van der Waals surface area contributed by atoms with Crippen LogP contribution < -0.4 is 5.32 Å². The molecular weight excluding hydrogens is 336 g/mol. The van der Waals surface area contributed by atoms with Crippen molar-refractivity contribution in [2.24, 2.45) is 12.5 Å². The second-order valence-electron chi connectivity index (χ2n) is 7.61. The molecule has 1 aliphatic rings. The topological polar surface area (TPSA) is 67.2 Å². The van der Waals surface area contributed by atoms with Gasteiger partial charge in [0.05, 0.1) is 12.2 Å². The van der Waals surface area contributed by atoms with Gasteiger partial charge in [0.25, 0.3) is 5.91 Å². The average molecular weight is 360 g/mol. The quantitative estimate of drug-likeness (QED) is 0.913. The number of aryl methyl sites for hydroxylation is 1. The molecule has 134 valence electrons. The zero-order valence-electron chi connectivity index (χ0n) is 15.0. The van der Waals surface area contributed by atoms with Crippen LogP contribution in [0.5, 0.6) is 0 Å². The van der Waals surface area contributed by atoms with Gasteiger partial charge in [-0.05, 0) is 17.0 Å². The highest BCUT2D eigenvalue weighted by molar-refractivity contribution is 7.08. The molecule has 1 N–H and O–H groups in total. The minimum Gasteiger partial charge on any atom is -0.347 e. The maximum Gasteiger partial charge on any atom is 0.252 e. The van der Waals surface area contributed by atoms with Crippen LogP contribution in [0.25, 0.3) is 0 Å². The first-order valence-corrected chi connectivity index (χ1v) is 9.31. The van der Waals surface area contributed by atoms with Gasteiger partial charge in [-0.2, -0.15) is 16.4 Å². The molecule has 1 aliphatic heterocycles. The number of rotatable bonds is 3. The number of thiophene rings is 1. The molecule has 2 amide bonds. The third kappa shape index (κ3) is 3.76. The standard InChI is InChI=1S/C18H24N4O2S/c1-18(2,3)17(24)22-9-14(13-7-19-21(4)8-13)15(10-22)20-16(23)12-5-6-25-11-12/h5-8,11,14-15H,9-10H2,1-4H3,(H,20,23)/t14-,15+/m0/s1. The Labute approximate surface area is 151 Å². The second kappa shape index (κ2) is 6.63. The number of nitrogens with one attached hydrogen (secondary N) is 1. The molecule has 0 unspecified atom stereocenters. The lowest BCUT2D eigenvalue weighted by atomic mass is 9.95. The third-order valence-corrected chi connectivity index (χ3v) is 5.18. The van der Waals surface area contributed by atoms with Crippen LogP contribution in [0.2, 0.25) is 0 Å². The van der Waals surface area contributed by atoms with Gasteiger partial charge in [-0.15, -0.1) is 0 Å². The highest BCUT2D eigenvalue weighted by atomic mass is 32.1. The summed E-state index contributed by atoms with van der Waals surface area (Å²) < 4.78 is 1.75. The zero-order chi connectivity index (χ0) is 18.2. The van der Waals surface area contributed by atoms with Gasteiger partial charge >= 0.3 is 0 Å². The van der Waals surface area contributed by atoms with Gasteiger partial charge in [0, 0.05) is 48.6 Å². The van der Waals surface area contributed by atoms with E-state index in [2.05, 4.69) is 10.4 Å². The molecule has 3 heterocycles.